The predicted molar refractivity (Wildman–Crippen MR) is 144 cm³/mol. The van der Waals surface area contributed by atoms with E-state index < -0.39 is 29.2 Å². The smallest absolute Gasteiger partial charge is 0.338 e. The molecule has 3 nitrogen and oxygen atoms in total. The lowest BCUT2D eigenvalue weighted by Crippen LogP contribution is -2.15. The Morgan fingerprint density at radius 3 is 2.12 bits per heavy atom. The van der Waals surface area contributed by atoms with E-state index in [0.717, 1.165) is 77.9 Å². The van der Waals surface area contributed by atoms with E-state index in [4.69, 9.17) is 9.47 Å². The molecule has 4 aromatic rings. The van der Waals surface area contributed by atoms with Crippen LogP contribution in [0.4, 0.5) is 17.6 Å². The van der Waals surface area contributed by atoms with Crippen molar-refractivity contribution in [2.75, 3.05) is 0 Å². The number of benzene rings is 4. The van der Waals surface area contributed by atoms with Crippen molar-refractivity contribution in [3.8, 4) is 5.75 Å². The van der Waals surface area contributed by atoms with Crippen LogP contribution in [-0.2, 0) is 30.8 Å². The number of allylic oxidation sites excluding steroid dienone is 1. The first-order chi connectivity index (χ1) is 19.3. The van der Waals surface area contributed by atoms with Gasteiger partial charge < -0.3 is 9.47 Å². The first-order valence-corrected chi connectivity index (χ1v) is 12.9. The average molecular weight is 547 g/mol. The number of carbonyl (C=O) groups is 1. The van der Waals surface area contributed by atoms with Gasteiger partial charge >= 0.3 is 5.97 Å². The van der Waals surface area contributed by atoms with Gasteiger partial charge in [0.2, 0.25) is 0 Å². The fourth-order valence-electron chi connectivity index (χ4n) is 4.89. The summed E-state index contributed by atoms with van der Waals surface area (Å²) >= 11 is 0. The second-order valence-corrected chi connectivity index (χ2v) is 9.82. The molecule has 1 aliphatic carbocycles. The SMILES string of the molecule is C=C1c2ccc(OCc3cc(F)ccc3F)cc2CCC1Cc1ccc(C(=O)OCc2cc(F)ccc2F)cc1. The van der Waals surface area contributed by atoms with Crippen molar-refractivity contribution in [3.63, 3.8) is 0 Å². The van der Waals surface area contributed by atoms with Crippen molar-refractivity contribution in [1.29, 1.82) is 0 Å². The molecule has 0 saturated heterocycles. The summed E-state index contributed by atoms with van der Waals surface area (Å²) in [6.45, 7) is 3.89. The van der Waals surface area contributed by atoms with E-state index in [9.17, 15) is 22.4 Å². The molecular formula is C33H26F4O3. The van der Waals surface area contributed by atoms with E-state index in [1.165, 1.54) is 0 Å². The molecule has 7 heteroatoms. The van der Waals surface area contributed by atoms with Gasteiger partial charge in [-0.1, -0.05) is 24.8 Å². The Morgan fingerprint density at radius 2 is 1.45 bits per heavy atom. The first kappa shape index (κ1) is 27.2. The lowest BCUT2D eigenvalue weighted by Gasteiger charge is -2.28. The molecule has 1 aliphatic rings. The summed E-state index contributed by atoms with van der Waals surface area (Å²) in [4.78, 5) is 12.4. The van der Waals surface area contributed by atoms with Crippen LogP contribution in [0.15, 0.2) is 85.4 Å². The molecular weight excluding hydrogens is 520 g/mol. The molecule has 0 heterocycles. The highest BCUT2D eigenvalue weighted by atomic mass is 19.1. The van der Waals surface area contributed by atoms with Crippen LogP contribution in [0.1, 0.15) is 44.6 Å². The van der Waals surface area contributed by atoms with E-state index >= 15 is 0 Å². The van der Waals surface area contributed by atoms with Crippen LogP contribution in [0.25, 0.3) is 5.57 Å². The maximum atomic E-state index is 13.9. The van der Waals surface area contributed by atoms with Gasteiger partial charge in [0.1, 0.15) is 42.2 Å². The normalized spacial score (nSPS) is 14.5. The van der Waals surface area contributed by atoms with Crippen molar-refractivity contribution in [2.24, 2.45) is 5.92 Å². The Bertz CT molecular complexity index is 1560. The number of halogens is 4. The number of hydrogen-bond donors (Lipinski definition) is 0. The summed E-state index contributed by atoms with van der Waals surface area (Å²) in [5.74, 6) is -2.10. The molecule has 0 spiro atoms. The summed E-state index contributed by atoms with van der Waals surface area (Å²) < 4.78 is 65.3. The Hall–Kier alpha value is -4.39. The van der Waals surface area contributed by atoms with Gasteiger partial charge in [-0.3, -0.25) is 0 Å². The Labute approximate surface area is 229 Å². The van der Waals surface area contributed by atoms with Gasteiger partial charge in [-0.05, 0) is 108 Å². The van der Waals surface area contributed by atoms with Crippen LogP contribution in [0, 0.1) is 29.2 Å². The molecule has 0 amide bonds. The summed E-state index contributed by atoms with van der Waals surface area (Å²) in [7, 11) is 0. The Kier molecular flexibility index (Phi) is 8.01. The molecule has 4 aromatic carbocycles. The van der Waals surface area contributed by atoms with E-state index in [0.29, 0.717) is 11.3 Å². The first-order valence-electron chi connectivity index (χ1n) is 12.9. The molecule has 1 unspecified atom stereocenters. The molecule has 0 radical (unpaired) electrons. The number of fused-ring (bicyclic) bond motifs is 1. The van der Waals surface area contributed by atoms with Gasteiger partial charge in [-0.25, -0.2) is 22.4 Å². The number of esters is 1. The van der Waals surface area contributed by atoms with E-state index in [1.54, 1.807) is 18.2 Å². The number of aryl methyl sites for hydroxylation is 1. The van der Waals surface area contributed by atoms with Crippen LogP contribution in [0.5, 0.6) is 5.75 Å². The van der Waals surface area contributed by atoms with Crippen LogP contribution < -0.4 is 4.74 Å². The maximum Gasteiger partial charge on any atom is 0.338 e. The third-order valence-corrected chi connectivity index (χ3v) is 7.12. The van der Waals surface area contributed by atoms with Gasteiger partial charge in [-0.2, -0.15) is 0 Å². The monoisotopic (exact) mass is 546 g/mol. The van der Waals surface area contributed by atoms with Crippen molar-refractivity contribution in [2.45, 2.75) is 32.5 Å². The fraction of sp³-hybridized carbons (Fsp3) is 0.182. The van der Waals surface area contributed by atoms with Crippen molar-refractivity contribution < 1.29 is 31.8 Å². The topological polar surface area (TPSA) is 35.5 Å². The van der Waals surface area contributed by atoms with Crippen molar-refractivity contribution in [1.82, 2.24) is 0 Å². The van der Waals surface area contributed by atoms with Crippen molar-refractivity contribution >= 4 is 11.5 Å². The standard InChI is InChI=1S/C33H26F4O3/c1-20-23(6-7-24-17-29(10-11-30(20)24)39-18-25-15-27(34)8-12-31(25)36)14-21-2-4-22(5-3-21)33(38)40-19-26-16-28(35)9-13-32(26)37/h2-5,8-13,15-17,23H,1,6-7,14,18-19H2. The lowest BCUT2D eigenvalue weighted by atomic mass is 9.77. The van der Waals surface area contributed by atoms with Crippen LogP contribution in [0.2, 0.25) is 0 Å². The highest BCUT2D eigenvalue weighted by molar-refractivity contribution is 5.89. The van der Waals surface area contributed by atoms with Gasteiger partial charge in [0.05, 0.1) is 5.56 Å². The largest absolute Gasteiger partial charge is 0.489 e. The number of carbonyl (C=O) groups excluding carboxylic acids is 1. The van der Waals surface area contributed by atoms with E-state index in [2.05, 4.69) is 6.58 Å². The van der Waals surface area contributed by atoms with Gasteiger partial charge in [0.15, 0.2) is 0 Å². The zero-order chi connectivity index (χ0) is 28.2. The summed E-state index contributed by atoms with van der Waals surface area (Å²) in [5, 5.41) is 0. The Morgan fingerprint density at radius 1 is 0.800 bits per heavy atom. The zero-order valence-corrected chi connectivity index (χ0v) is 21.6. The average Bonchev–Trinajstić information content (AvgIpc) is 2.95. The molecule has 0 bridgehead atoms. The number of ether oxygens (including phenoxy) is 2. The van der Waals surface area contributed by atoms with E-state index in [-0.39, 0.29) is 30.3 Å². The minimum atomic E-state index is -0.637. The maximum absolute atomic E-state index is 13.9. The minimum absolute atomic E-state index is 0.0276. The molecule has 0 N–H and O–H groups in total. The zero-order valence-electron chi connectivity index (χ0n) is 21.6. The van der Waals surface area contributed by atoms with Crippen LogP contribution >= 0.6 is 0 Å². The van der Waals surface area contributed by atoms with Gasteiger partial charge in [-0.15, -0.1) is 0 Å². The summed E-state index contributed by atoms with van der Waals surface area (Å²) in [6.07, 6.45) is 2.42. The second-order valence-electron chi connectivity index (χ2n) is 9.82. The van der Waals surface area contributed by atoms with Gasteiger partial charge in [0, 0.05) is 11.1 Å². The molecule has 204 valence electrons. The summed E-state index contributed by atoms with van der Waals surface area (Å²) in [6, 6.07) is 19.0. The molecule has 1 atom stereocenters. The van der Waals surface area contributed by atoms with Gasteiger partial charge in [0.25, 0.3) is 0 Å². The van der Waals surface area contributed by atoms with Crippen LogP contribution in [0.3, 0.4) is 0 Å². The van der Waals surface area contributed by atoms with Crippen molar-refractivity contribution in [3.05, 3.63) is 142 Å². The quantitative estimate of drug-likeness (QED) is 0.166. The molecule has 0 aromatic heterocycles. The third-order valence-electron chi connectivity index (χ3n) is 7.12. The predicted octanol–water partition coefficient (Wildman–Crippen LogP) is 8.00. The second kappa shape index (κ2) is 11.8. The van der Waals surface area contributed by atoms with Crippen LogP contribution in [-0.4, -0.2) is 5.97 Å². The highest BCUT2D eigenvalue weighted by Gasteiger charge is 2.23. The van der Waals surface area contributed by atoms with E-state index in [1.807, 2.05) is 24.3 Å². The molecule has 5 rings (SSSR count). The minimum Gasteiger partial charge on any atom is -0.489 e. The Balaban J connectivity index is 1.17. The summed E-state index contributed by atoms with van der Waals surface area (Å²) in [5.41, 5.74) is 4.61. The molecule has 0 aliphatic heterocycles. The molecule has 40 heavy (non-hydrogen) atoms. The lowest BCUT2D eigenvalue weighted by molar-refractivity contribution is 0.0468. The fourth-order valence-corrected chi connectivity index (χ4v) is 4.89. The molecule has 0 fully saturated rings. The third kappa shape index (κ3) is 6.25. The number of rotatable bonds is 8. The molecule has 0 saturated carbocycles. The number of hydrogen-bond acceptors (Lipinski definition) is 3. The highest BCUT2D eigenvalue weighted by Crippen LogP contribution is 2.38.